The standard InChI is InChI=1S/C19H24FN5O/c1-14(15-3-4-17(22-11-15)25-13-16(20)12-23-25)24-10-2-5-19(18(24)26)6-8-21-9-7-19/h3-4,11-14,21H,2,5-10H2,1H3. The summed E-state index contributed by atoms with van der Waals surface area (Å²) in [7, 11) is 0. The molecule has 1 atom stereocenters. The summed E-state index contributed by atoms with van der Waals surface area (Å²) in [5.74, 6) is 0.455. The van der Waals surface area contributed by atoms with E-state index in [1.54, 1.807) is 6.20 Å². The zero-order chi connectivity index (χ0) is 18.1. The summed E-state index contributed by atoms with van der Waals surface area (Å²) in [5.41, 5.74) is 0.804. The van der Waals surface area contributed by atoms with Crippen molar-refractivity contribution in [1.82, 2.24) is 25.0 Å². The number of carbonyl (C=O) groups excluding carboxylic acids is 1. The Hall–Kier alpha value is -2.28. The molecule has 26 heavy (non-hydrogen) atoms. The van der Waals surface area contributed by atoms with Gasteiger partial charge in [0.2, 0.25) is 5.91 Å². The van der Waals surface area contributed by atoms with Gasteiger partial charge < -0.3 is 10.2 Å². The molecule has 0 bridgehead atoms. The molecular weight excluding hydrogens is 333 g/mol. The highest BCUT2D eigenvalue weighted by molar-refractivity contribution is 5.84. The summed E-state index contributed by atoms with van der Waals surface area (Å²) in [4.78, 5) is 19.6. The number of piperidine rings is 2. The smallest absolute Gasteiger partial charge is 0.229 e. The fraction of sp³-hybridized carbons (Fsp3) is 0.526. The van der Waals surface area contributed by atoms with Gasteiger partial charge in [0.1, 0.15) is 0 Å². The molecule has 138 valence electrons. The monoisotopic (exact) mass is 357 g/mol. The molecule has 7 heteroatoms. The molecule has 2 aromatic heterocycles. The maximum absolute atomic E-state index is 13.2. The van der Waals surface area contributed by atoms with E-state index in [0.29, 0.717) is 5.82 Å². The van der Waals surface area contributed by atoms with Crippen LogP contribution < -0.4 is 5.32 Å². The summed E-state index contributed by atoms with van der Waals surface area (Å²) < 4.78 is 14.5. The van der Waals surface area contributed by atoms with Gasteiger partial charge in [-0.05, 0) is 57.3 Å². The molecule has 1 amide bonds. The van der Waals surface area contributed by atoms with Gasteiger partial charge in [-0.2, -0.15) is 5.10 Å². The highest BCUT2D eigenvalue weighted by Gasteiger charge is 2.45. The van der Waals surface area contributed by atoms with Gasteiger partial charge in [0.25, 0.3) is 0 Å². The lowest BCUT2D eigenvalue weighted by molar-refractivity contribution is -0.151. The molecule has 2 saturated heterocycles. The third-order valence-corrected chi connectivity index (χ3v) is 5.84. The summed E-state index contributed by atoms with van der Waals surface area (Å²) in [6.07, 6.45) is 8.11. The average Bonchev–Trinajstić information content (AvgIpc) is 3.11. The first kappa shape index (κ1) is 17.1. The largest absolute Gasteiger partial charge is 0.335 e. The minimum Gasteiger partial charge on any atom is -0.335 e. The number of nitrogens with zero attached hydrogens (tertiary/aromatic N) is 4. The number of halogens is 1. The summed E-state index contributed by atoms with van der Waals surface area (Å²) >= 11 is 0. The first-order valence-corrected chi connectivity index (χ1v) is 9.27. The highest BCUT2D eigenvalue weighted by atomic mass is 19.1. The molecule has 2 aliphatic heterocycles. The van der Waals surface area contributed by atoms with Crippen LogP contribution >= 0.6 is 0 Å². The quantitative estimate of drug-likeness (QED) is 0.917. The fourth-order valence-corrected chi connectivity index (χ4v) is 4.23. The van der Waals surface area contributed by atoms with Crippen molar-refractivity contribution in [2.24, 2.45) is 5.41 Å². The number of nitrogens with one attached hydrogen (secondary N) is 1. The Morgan fingerprint density at radius 2 is 2.04 bits per heavy atom. The molecule has 4 heterocycles. The van der Waals surface area contributed by atoms with Crippen molar-refractivity contribution < 1.29 is 9.18 Å². The van der Waals surface area contributed by atoms with Crippen LogP contribution in [0.1, 0.15) is 44.2 Å². The lowest BCUT2D eigenvalue weighted by atomic mass is 9.71. The topological polar surface area (TPSA) is 63.1 Å². The van der Waals surface area contributed by atoms with Gasteiger partial charge in [0, 0.05) is 12.7 Å². The Morgan fingerprint density at radius 3 is 2.69 bits per heavy atom. The lowest BCUT2D eigenvalue weighted by Gasteiger charge is -2.46. The van der Waals surface area contributed by atoms with Gasteiger partial charge in [-0.15, -0.1) is 0 Å². The van der Waals surface area contributed by atoms with Crippen LogP contribution in [-0.4, -0.2) is 45.2 Å². The zero-order valence-corrected chi connectivity index (χ0v) is 15.0. The van der Waals surface area contributed by atoms with E-state index in [2.05, 4.69) is 22.3 Å². The van der Waals surface area contributed by atoms with E-state index in [1.165, 1.54) is 10.9 Å². The van der Waals surface area contributed by atoms with Crippen LogP contribution in [0.2, 0.25) is 0 Å². The third-order valence-electron chi connectivity index (χ3n) is 5.84. The summed E-state index contributed by atoms with van der Waals surface area (Å²) in [6.45, 7) is 4.69. The second-order valence-corrected chi connectivity index (χ2v) is 7.36. The molecule has 1 N–H and O–H groups in total. The Bertz CT molecular complexity index is 776. The van der Waals surface area contributed by atoms with Crippen molar-refractivity contribution in [3.63, 3.8) is 0 Å². The maximum atomic E-state index is 13.2. The molecule has 4 rings (SSSR count). The van der Waals surface area contributed by atoms with Gasteiger partial charge in [-0.1, -0.05) is 6.07 Å². The third kappa shape index (κ3) is 3.00. The van der Waals surface area contributed by atoms with Gasteiger partial charge in [-0.25, -0.2) is 14.1 Å². The number of aromatic nitrogens is 3. The minimum atomic E-state index is -0.393. The van der Waals surface area contributed by atoms with Crippen LogP contribution in [0.4, 0.5) is 4.39 Å². The van der Waals surface area contributed by atoms with E-state index < -0.39 is 5.82 Å². The van der Waals surface area contributed by atoms with Crippen molar-refractivity contribution in [1.29, 1.82) is 0 Å². The molecule has 2 aromatic rings. The highest BCUT2D eigenvalue weighted by Crippen LogP contribution is 2.41. The molecule has 0 radical (unpaired) electrons. The van der Waals surface area contributed by atoms with E-state index in [9.17, 15) is 9.18 Å². The van der Waals surface area contributed by atoms with Crippen molar-refractivity contribution in [2.75, 3.05) is 19.6 Å². The fourth-order valence-electron chi connectivity index (χ4n) is 4.23. The van der Waals surface area contributed by atoms with Crippen molar-refractivity contribution in [2.45, 2.75) is 38.6 Å². The SMILES string of the molecule is CC(c1ccc(-n2cc(F)cn2)nc1)N1CCCC2(CCNCC2)C1=O. The van der Waals surface area contributed by atoms with Gasteiger partial charge in [-0.3, -0.25) is 4.79 Å². The Balaban J connectivity index is 1.53. The number of pyridine rings is 1. The molecule has 6 nitrogen and oxygen atoms in total. The van der Waals surface area contributed by atoms with Crippen molar-refractivity contribution >= 4 is 5.91 Å². The number of carbonyl (C=O) groups is 1. The van der Waals surface area contributed by atoms with Crippen molar-refractivity contribution in [3.05, 3.63) is 42.1 Å². The first-order chi connectivity index (χ1) is 12.6. The summed E-state index contributed by atoms with van der Waals surface area (Å²) in [6, 6.07) is 3.74. The molecule has 1 unspecified atom stereocenters. The molecule has 0 aliphatic carbocycles. The zero-order valence-electron chi connectivity index (χ0n) is 15.0. The predicted molar refractivity (Wildman–Crippen MR) is 95.2 cm³/mol. The van der Waals surface area contributed by atoms with E-state index in [1.807, 2.05) is 17.0 Å². The number of rotatable bonds is 3. The van der Waals surface area contributed by atoms with Crippen LogP contribution in [0, 0.1) is 11.2 Å². The van der Waals surface area contributed by atoms with Gasteiger partial charge >= 0.3 is 0 Å². The number of likely N-dealkylation sites (tertiary alicyclic amines) is 1. The normalized spacial score (nSPS) is 21.2. The Kier molecular flexibility index (Phi) is 4.48. The Labute approximate surface area is 152 Å². The molecule has 2 aliphatic rings. The first-order valence-electron chi connectivity index (χ1n) is 9.27. The van der Waals surface area contributed by atoms with Gasteiger partial charge in [0.05, 0.1) is 23.9 Å². The number of hydrogen-bond donors (Lipinski definition) is 1. The second kappa shape index (κ2) is 6.79. The molecule has 1 spiro atoms. The maximum Gasteiger partial charge on any atom is 0.229 e. The predicted octanol–water partition coefficient (Wildman–Crippen LogP) is 2.46. The average molecular weight is 357 g/mol. The van der Waals surface area contributed by atoms with E-state index in [4.69, 9.17) is 0 Å². The van der Waals surface area contributed by atoms with Crippen LogP contribution in [0.3, 0.4) is 0 Å². The molecular formula is C19H24FN5O. The summed E-state index contributed by atoms with van der Waals surface area (Å²) in [5, 5.41) is 7.29. The molecule has 0 aromatic carbocycles. The van der Waals surface area contributed by atoms with Gasteiger partial charge in [0.15, 0.2) is 11.6 Å². The second-order valence-electron chi connectivity index (χ2n) is 7.36. The van der Waals surface area contributed by atoms with Crippen LogP contribution in [0.5, 0.6) is 0 Å². The van der Waals surface area contributed by atoms with Crippen molar-refractivity contribution in [3.8, 4) is 5.82 Å². The van der Waals surface area contributed by atoms with Crippen LogP contribution in [0.15, 0.2) is 30.7 Å². The van der Waals surface area contributed by atoms with E-state index >= 15 is 0 Å². The number of hydrogen-bond acceptors (Lipinski definition) is 4. The Morgan fingerprint density at radius 1 is 1.23 bits per heavy atom. The lowest BCUT2D eigenvalue weighted by Crippen LogP contribution is -2.53. The van der Waals surface area contributed by atoms with E-state index in [0.717, 1.165) is 57.1 Å². The number of amides is 1. The molecule has 2 fully saturated rings. The van der Waals surface area contributed by atoms with Crippen LogP contribution in [0.25, 0.3) is 5.82 Å². The van der Waals surface area contributed by atoms with E-state index in [-0.39, 0.29) is 17.4 Å². The molecule has 0 saturated carbocycles. The minimum absolute atomic E-state index is 0.0227. The van der Waals surface area contributed by atoms with Crippen LogP contribution in [-0.2, 0) is 4.79 Å².